The summed E-state index contributed by atoms with van der Waals surface area (Å²) in [5, 5.41) is 9.47. The zero-order valence-electron chi connectivity index (χ0n) is 11.3. The van der Waals surface area contributed by atoms with Gasteiger partial charge in [-0.2, -0.15) is 5.26 Å². The van der Waals surface area contributed by atoms with Crippen LogP contribution in [0.3, 0.4) is 0 Å². The molecule has 0 radical (unpaired) electrons. The summed E-state index contributed by atoms with van der Waals surface area (Å²) < 4.78 is 0. The Hall–Kier alpha value is -2.14. The molecule has 0 aliphatic heterocycles. The third kappa shape index (κ3) is 3.00. The van der Waals surface area contributed by atoms with Gasteiger partial charge in [0.15, 0.2) is 0 Å². The predicted molar refractivity (Wildman–Crippen MR) is 76.6 cm³/mol. The van der Waals surface area contributed by atoms with E-state index in [1.165, 1.54) is 5.56 Å². The highest BCUT2D eigenvalue weighted by Gasteiger charge is 2.25. The molecule has 0 saturated carbocycles. The van der Waals surface area contributed by atoms with Crippen LogP contribution in [0.5, 0.6) is 0 Å². The largest absolute Gasteiger partial charge is 0.264 e. The minimum Gasteiger partial charge on any atom is -0.264 e. The third-order valence-corrected chi connectivity index (χ3v) is 3.82. The van der Waals surface area contributed by atoms with Crippen LogP contribution >= 0.6 is 0 Å². The number of rotatable bonds is 4. The molecule has 2 aromatic rings. The molecule has 1 aromatic heterocycles. The molecule has 3 atom stereocenters. The van der Waals surface area contributed by atoms with Crippen molar-refractivity contribution >= 4 is 0 Å². The maximum Gasteiger partial charge on any atom is 0.0758 e. The van der Waals surface area contributed by atoms with Crippen LogP contribution < -0.4 is 0 Å². The van der Waals surface area contributed by atoms with Crippen LogP contribution in [0.15, 0.2) is 54.9 Å². The second-order valence-corrected chi connectivity index (χ2v) is 4.95. The molecule has 0 aliphatic rings. The number of benzene rings is 1. The lowest BCUT2D eigenvalue weighted by Gasteiger charge is -2.24. The zero-order chi connectivity index (χ0) is 13.7. The summed E-state index contributed by atoms with van der Waals surface area (Å²) in [5.41, 5.74) is 2.28. The summed E-state index contributed by atoms with van der Waals surface area (Å²) in [4.78, 5) is 4.12. The van der Waals surface area contributed by atoms with E-state index in [1.54, 1.807) is 12.4 Å². The molecule has 0 bridgehead atoms. The highest BCUT2D eigenvalue weighted by molar-refractivity contribution is 5.26. The van der Waals surface area contributed by atoms with Gasteiger partial charge in [0.05, 0.1) is 12.0 Å². The molecule has 0 N–H and O–H groups in total. The Morgan fingerprint density at radius 3 is 2.26 bits per heavy atom. The zero-order valence-corrected chi connectivity index (χ0v) is 11.3. The summed E-state index contributed by atoms with van der Waals surface area (Å²) in [6.07, 6.45) is 3.53. The van der Waals surface area contributed by atoms with Gasteiger partial charge in [-0.1, -0.05) is 50.2 Å². The van der Waals surface area contributed by atoms with E-state index in [-0.39, 0.29) is 11.8 Å². The van der Waals surface area contributed by atoms with Gasteiger partial charge in [-0.3, -0.25) is 4.98 Å². The lowest BCUT2D eigenvalue weighted by Crippen LogP contribution is -2.15. The fraction of sp³-hybridized carbons (Fsp3) is 0.294. The molecule has 3 unspecified atom stereocenters. The van der Waals surface area contributed by atoms with E-state index in [0.29, 0.717) is 5.92 Å². The van der Waals surface area contributed by atoms with Crippen LogP contribution in [-0.2, 0) is 0 Å². The van der Waals surface area contributed by atoms with Gasteiger partial charge in [-0.15, -0.1) is 0 Å². The highest BCUT2D eigenvalue weighted by Crippen LogP contribution is 2.34. The van der Waals surface area contributed by atoms with Crippen molar-refractivity contribution in [3.8, 4) is 6.07 Å². The Morgan fingerprint density at radius 1 is 1.00 bits per heavy atom. The number of hydrogen-bond donors (Lipinski definition) is 0. The van der Waals surface area contributed by atoms with Crippen molar-refractivity contribution in [1.82, 2.24) is 4.98 Å². The smallest absolute Gasteiger partial charge is 0.0758 e. The first-order chi connectivity index (χ1) is 9.24. The van der Waals surface area contributed by atoms with Crippen LogP contribution in [0.4, 0.5) is 0 Å². The SMILES string of the molecule is CC(c1ccccc1)C(C)C(C#N)c1cccnc1. The van der Waals surface area contributed by atoms with Crippen molar-refractivity contribution in [2.24, 2.45) is 5.92 Å². The summed E-state index contributed by atoms with van der Waals surface area (Å²) in [6, 6.07) is 16.7. The Labute approximate surface area is 114 Å². The highest BCUT2D eigenvalue weighted by atomic mass is 14.6. The van der Waals surface area contributed by atoms with E-state index in [0.717, 1.165) is 5.56 Å². The number of pyridine rings is 1. The Balaban J connectivity index is 2.23. The van der Waals surface area contributed by atoms with Crippen LogP contribution in [-0.4, -0.2) is 4.98 Å². The van der Waals surface area contributed by atoms with Crippen molar-refractivity contribution in [2.75, 3.05) is 0 Å². The molecule has 0 aliphatic carbocycles. The van der Waals surface area contributed by atoms with Crippen molar-refractivity contribution < 1.29 is 0 Å². The summed E-state index contributed by atoms with van der Waals surface area (Å²) in [7, 11) is 0. The van der Waals surface area contributed by atoms with E-state index in [4.69, 9.17) is 0 Å². The van der Waals surface area contributed by atoms with Gasteiger partial charge < -0.3 is 0 Å². The first-order valence-corrected chi connectivity index (χ1v) is 6.58. The Kier molecular flexibility index (Phi) is 4.30. The third-order valence-electron chi connectivity index (χ3n) is 3.82. The fourth-order valence-corrected chi connectivity index (χ4v) is 2.40. The minimum atomic E-state index is -0.121. The monoisotopic (exact) mass is 250 g/mol. The van der Waals surface area contributed by atoms with Gasteiger partial charge in [0.2, 0.25) is 0 Å². The van der Waals surface area contributed by atoms with Gasteiger partial charge in [-0.05, 0) is 29.0 Å². The van der Waals surface area contributed by atoms with E-state index >= 15 is 0 Å². The van der Waals surface area contributed by atoms with Crippen LogP contribution in [0.2, 0.25) is 0 Å². The minimum absolute atomic E-state index is 0.121. The van der Waals surface area contributed by atoms with Crippen LogP contribution in [0, 0.1) is 17.2 Å². The topological polar surface area (TPSA) is 36.7 Å². The number of hydrogen-bond acceptors (Lipinski definition) is 2. The molecule has 1 heterocycles. The van der Waals surface area contributed by atoms with Crippen LogP contribution in [0.1, 0.15) is 36.8 Å². The summed E-state index contributed by atoms with van der Waals surface area (Å²) in [5.74, 6) is 0.464. The Morgan fingerprint density at radius 2 is 1.68 bits per heavy atom. The standard InChI is InChI=1S/C17H18N2/c1-13(15-7-4-3-5-8-15)14(2)17(11-18)16-9-6-10-19-12-16/h3-10,12-14,17H,1-2H3. The van der Waals surface area contributed by atoms with E-state index < -0.39 is 0 Å². The first kappa shape index (κ1) is 13.3. The van der Waals surface area contributed by atoms with Crippen molar-refractivity contribution in [1.29, 1.82) is 5.26 Å². The molecule has 19 heavy (non-hydrogen) atoms. The summed E-state index contributed by atoms with van der Waals surface area (Å²) >= 11 is 0. The molecule has 0 fully saturated rings. The van der Waals surface area contributed by atoms with Crippen LogP contribution in [0.25, 0.3) is 0 Å². The summed E-state index contributed by atoms with van der Waals surface area (Å²) in [6.45, 7) is 4.32. The molecule has 0 spiro atoms. The van der Waals surface area contributed by atoms with Crippen molar-refractivity contribution in [3.05, 3.63) is 66.0 Å². The van der Waals surface area contributed by atoms with Gasteiger partial charge in [-0.25, -0.2) is 0 Å². The van der Waals surface area contributed by atoms with Gasteiger partial charge in [0.25, 0.3) is 0 Å². The molecular formula is C17H18N2. The predicted octanol–water partition coefficient (Wildman–Crippen LogP) is 4.13. The maximum absolute atomic E-state index is 9.47. The maximum atomic E-state index is 9.47. The second-order valence-electron chi connectivity index (χ2n) is 4.95. The number of aromatic nitrogens is 1. The Bertz CT molecular complexity index is 542. The van der Waals surface area contributed by atoms with Crippen molar-refractivity contribution in [3.63, 3.8) is 0 Å². The normalized spacial score (nSPS) is 15.2. The van der Waals surface area contributed by atoms with E-state index in [1.807, 2.05) is 30.3 Å². The van der Waals surface area contributed by atoms with Gasteiger partial charge >= 0.3 is 0 Å². The molecule has 0 amide bonds. The molecule has 1 aromatic carbocycles. The first-order valence-electron chi connectivity index (χ1n) is 6.58. The molecular weight excluding hydrogens is 232 g/mol. The molecule has 2 rings (SSSR count). The molecule has 96 valence electrons. The van der Waals surface area contributed by atoms with E-state index in [2.05, 4.69) is 37.0 Å². The molecule has 2 heteroatoms. The van der Waals surface area contributed by atoms with Gasteiger partial charge in [0.1, 0.15) is 0 Å². The molecule has 2 nitrogen and oxygen atoms in total. The lowest BCUT2D eigenvalue weighted by atomic mass is 9.78. The van der Waals surface area contributed by atoms with E-state index in [9.17, 15) is 5.26 Å². The fourth-order valence-electron chi connectivity index (χ4n) is 2.40. The lowest BCUT2D eigenvalue weighted by molar-refractivity contribution is 0.449. The van der Waals surface area contributed by atoms with Crippen molar-refractivity contribution in [2.45, 2.75) is 25.7 Å². The number of nitriles is 1. The van der Waals surface area contributed by atoms with Gasteiger partial charge in [0, 0.05) is 12.4 Å². The quantitative estimate of drug-likeness (QED) is 0.818. The number of nitrogens with zero attached hydrogens (tertiary/aromatic N) is 2. The average molecular weight is 250 g/mol. The average Bonchev–Trinajstić information content (AvgIpc) is 2.49. The second kappa shape index (κ2) is 6.15. The molecule has 0 saturated heterocycles.